The molecule has 75 valence electrons. The second kappa shape index (κ2) is 6.11. The summed E-state index contributed by atoms with van der Waals surface area (Å²) in [6.45, 7) is 2.89. The quantitative estimate of drug-likeness (QED) is 0.616. The third kappa shape index (κ3) is 3.44. The lowest BCUT2D eigenvalue weighted by Crippen LogP contribution is -2.31. The molecule has 1 atom stereocenters. The number of nitrogens with zero attached hydrogens (tertiary/aromatic N) is 1. The number of carbonyl (C=O) groups excluding carboxylic acids is 1. The van der Waals surface area contributed by atoms with E-state index in [9.17, 15) is 4.79 Å². The predicted octanol–water partition coefficient (Wildman–Crippen LogP) is 0.689. The third-order valence-electron chi connectivity index (χ3n) is 2.65. The first-order valence-corrected chi connectivity index (χ1v) is 5.20. The van der Waals surface area contributed by atoms with E-state index in [1.165, 1.54) is 6.42 Å². The molecule has 0 amide bonds. The average Bonchev–Trinajstić information content (AvgIpc) is 2.60. The second-order valence-electron chi connectivity index (χ2n) is 3.66. The molecule has 1 aliphatic rings. The van der Waals surface area contributed by atoms with Crippen LogP contribution in [0.5, 0.6) is 0 Å². The number of hydrogen-bond acceptors (Lipinski definition) is 3. The first-order chi connectivity index (χ1) is 6.38. The van der Waals surface area contributed by atoms with Crippen molar-refractivity contribution in [2.45, 2.75) is 38.1 Å². The fourth-order valence-electron chi connectivity index (χ4n) is 1.86. The van der Waals surface area contributed by atoms with Gasteiger partial charge >= 0.3 is 0 Å². The van der Waals surface area contributed by atoms with Crippen LogP contribution < -0.4 is 5.73 Å². The van der Waals surface area contributed by atoms with Crippen molar-refractivity contribution in [2.24, 2.45) is 5.73 Å². The summed E-state index contributed by atoms with van der Waals surface area (Å²) in [7, 11) is 0. The summed E-state index contributed by atoms with van der Waals surface area (Å²) >= 11 is 0. The molecule has 3 nitrogen and oxygen atoms in total. The van der Waals surface area contributed by atoms with Crippen LogP contribution in [0.4, 0.5) is 0 Å². The molecule has 2 N–H and O–H groups in total. The van der Waals surface area contributed by atoms with Gasteiger partial charge in [0.1, 0.15) is 0 Å². The Hall–Kier alpha value is -0.410. The van der Waals surface area contributed by atoms with E-state index in [1.807, 2.05) is 0 Å². The van der Waals surface area contributed by atoms with Crippen LogP contribution in [0.15, 0.2) is 0 Å². The Balaban J connectivity index is 2.09. The fraction of sp³-hybridized carbons (Fsp3) is 0.900. The largest absolute Gasteiger partial charge is 0.330 e. The highest BCUT2D eigenvalue weighted by Crippen LogP contribution is 2.15. The topological polar surface area (TPSA) is 46.3 Å². The minimum atomic E-state index is 0.0814. The minimum absolute atomic E-state index is 0.0814. The smallest absolute Gasteiger partial charge is 0.217 e. The third-order valence-corrected chi connectivity index (χ3v) is 2.65. The summed E-state index contributed by atoms with van der Waals surface area (Å²) in [6.07, 6.45) is 7.70. The zero-order valence-electron chi connectivity index (χ0n) is 8.17. The molecule has 1 rings (SSSR count). The molecule has 0 unspecified atom stereocenters. The van der Waals surface area contributed by atoms with E-state index in [-0.39, 0.29) is 6.04 Å². The molecule has 0 bridgehead atoms. The number of likely N-dealkylation sites (tertiary alicyclic amines) is 1. The molecule has 0 aliphatic carbocycles. The van der Waals surface area contributed by atoms with Crippen LogP contribution in [0.25, 0.3) is 0 Å². The van der Waals surface area contributed by atoms with Crippen molar-refractivity contribution in [3.8, 4) is 0 Å². The maximum absolute atomic E-state index is 10.5. The van der Waals surface area contributed by atoms with Crippen molar-refractivity contribution in [3.05, 3.63) is 0 Å². The Labute approximate surface area is 80.3 Å². The average molecular weight is 183 g/mol. The van der Waals surface area contributed by atoms with Crippen LogP contribution in [0.2, 0.25) is 0 Å². The summed E-state index contributed by atoms with van der Waals surface area (Å²) in [5, 5.41) is 0. The van der Waals surface area contributed by atoms with Gasteiger partial charge in [-0.25, -0.2) is 0 Å². The molecule has 0 aromatic rings. The van der Waals surface area contributed by atoms with E-state index in [4.69, 9.17) is 5.73 Å². The van der Waals surface area contributed by atoms with Gasteiger partial charge in [0.15, 0.2) is 0 Å². The highest BCUT2D eigenvalue weighted by atomic mass is 16.1. The molecule has 1 radical (unpaired) electrons. The molecule has 1 heterocycles. The molecule has 0 aromatic carbocycles. The van der Waals surface area contributed by atoms with E-state index >= 15 is 0 Å². The molecule has 13 heavy (non-hydrogen) atoms. The molecular weight excluding hydrogens is 164 g/mol. The maximum atomic E-state index is 10.5. The van der Waals surface area contributed by atoms with Gasteiger partial charge in [-0.15, -0.1) is 0 Å². The number of rotatable bonds is 6. The van der Waals surface area contributed by atoms with Crippen molar-refractivity contribution in [1.82, 2.24) is 4.90 Å². The van der Waals surface area contributed by atoms with Gasteiger partial charge in [0.05, 0.1) is 6.04 Å². The van der Waals surface area contributed by atoms with Crippen LogP contribution in [0, 0.1) is 0 Å². The van der Waals surface area contributed by atoms with Gasteiger partial charge in [0, 0.05) is 0 Å². The van der Waals surface area contributed by atoms with Crippen LogP contribution >= 0.6 is 0 Å². The molecule has 0 spiro atoms. The minimum Gasteiger partial charge on any atom is -0.330 e. The van der Waals surface area contributed by atoms with Gasteiger partial charge in [-0.2, -0.15) is 0 Å². The lowest BCUT2D eigenvalue weighted by atomic mass is 10.2. The molecular formula is C10H19N2O. The number of unbranched alkanes of at least 4 members (excludes halogenated alkanes) is 2. The van der Waals surface area contributed by atoms with Crippen molar-refractivity contribution >= 4 is 6.29 Å². The van der Waals surface area contributed by atoms with Crippen LogP contribution in [0.1, 0.15) is 32.1 Å². The Bertz CT molecular complexity index is 150. The van der Waals surface area contributed by atoms with E-state index < -0.39 is 0 Å². The lowest BCUT2D eigenvalue weighted by molar-refractivity contribution is 0.288. The zero-order chi connectivity index (χ0) is 9.52. The van der Waals surface area contributed by atoms with Gasteiger partial charge in [0.25, 0.3) is 0 Å². The van der Waals surface area contributed by atoms with E-state index in [1.54, 1.807) is 0 Å². The summed E-state index contributed by atoms with van der Waals surface area (Å²) in [4.78, 5) is 12.8. The van der Waals surface area contributed by atoms with Crippen LogP contribution in [-0.4, -0.2) is 36.9 Å². The van der Waals surface area contributed by atoms with Gasteiger partial charge in [-0.1, -0.05) is 6.42 Å². The Morgan fingerprint density at radius 1 is 1.38 bits per heavy atom. The Kier molecular flexibility index (Phi) is 5.01. The number of hydrogen-bond donors (Lipinski definition) is 1. The first kappa shape index (κ1) is 10.7. The molecule has 1 fully saturated rings. The van der Waals surface area contributed by atoms with Gasteiger partial charge in [-0.05, 0) is 45.3 Å². The SMILES string of the molecule is NCCCCCN1CCC[C@H]1[C]=O. The highest BCUT2D eigenvalue weighted by molar-refractivity contribution is 5.58. The highest BCUT2D eigenvalue weighted by Gasteiger charge is 2.23. The molecule has 0 saturated carbocycles. The molecule has 1 saturated heterocycles. The van der Waals surface area contributed by atoms with E-state index in [0.29, 0.717) is 0 Å². The summed E-state index contributed by atoms with van der Waals surface area (Å²) in [5.74, 6) is 0. The Morgan fingerprint density at radius 2 is 2.23 bits per heavy atom. The fourth-order valence-corrected chi connectivity index (χ4v) is 1.86. The van der Waals surface area contributed by atoms with Crippen molar-refractivity contribution in [2.75, 3.05) is 19.6 Å². The predicted molar refractivity (Wildman–Crippen MR) is 53.2 cm³/mol. The Morgan fingerprint density at radius 3 is 2.92 bits per heavy atom. The second-order valence-corrected chi connectivity index (χ2v) is 3.66. The van der Waals surface area contributed by atoms with Gasteiger partial charge in [0.2, 0.25) is 6.29 Å². The van der Waals surface area contributed by atoms with Crippen LogP contribution in [0.3, 0.4) is 0 Å². The summed E-state index contributed by atoms with van der Waals surface area (Å²) in [6, 6.07) is 0.0814. The monoisotopic (exact) mass is 183 g/mol. The molecule has 0 aromatic heterocycles. The first-order valence-electron chi connectivity index (χ1n) is 5.20. The van der Waals surface area contributed by atoms with E-state index in [2.05, 4.69) is 11.2 Å². The van der Waals surface area contributed by atoms with Gasteiger partial charge in [-0.3, -0.25) is 9.69 Å². The standard InChI is InChI=1S/C10H19N2O/c11-6-2-1-3-7-12-8-4-5-10(12)9-13/h10H,1-8,11H2/t10-/m0/s1. The lowest BCUT2D eigenvalue weighted by Gasteiger charge is -2.18. The zero-order valence-corrected chi connectivity index (χ0v) is 8.17. The van der Waals surface area contributed by atoms with Gasteiger partial charge < -0.3 is 5.73 Å². The van der Waals surface area contributed by atoms with Crippen molar-refractivity contribution < 1.29 is 4.79 Å². The number of nitrogens with two attached hydrogens (primary N) is 1. The van der Waals surface area contributed by atoms with E-state index in [0.717, 1.165) is 45.3 Å². The summed E-state index contributed by atoms with van der Waals surface area (Å²) < 4.78 is 0. The van der Waals surface area contributed by atoms with Crippen molar-refractivity contribution in [1.29, 1.82) is 0 Å². The normalized spacial score (nSPS) is 23.6. The maximum Gasteiger partial charge on any atom is 0.217 e. The summed E-state index contributed by atoms with van der Waals surface area (Å²) in [5.41, 5.74) is 5.40. The molecule has 1 aliphatic heterocycles. The van der Waals surface area contributed by atoms with Crippen LogP contribution in [-0.2, 0) is 4.79 Å². The molecule has 3 heteroatoms. The van der Waals surface area contributed by atoms with Crippen molar-refractivity contribution in [3.63, 3.8) is 0 Å².